The Bertz CT molecular complexity index is 2570. The van der Waals surface area contributed by atoms with Crippen LogP contribution in [0.3, 0.4) is 0 Å². The summed E-state index contributed by atoms with van der Waals surface area (Å²) in [7, 11) is -2.80. The minimum Gasteiger partial charge on any atom is -0.289 e. The molecule has 0 fully saturated rings. The highest BCUT2D eigenvalue weighted by Crippen LogP contribution is 2.34. The zero-order valence-electron chi connectivity index (χ0n) is 34.1. The number of nitro benzene ring substituents is 1. The van der Waals surface area contributed by atoms with Crippen LogP contribution in [0.4, 0.5) is 58.4 Å². The van der Waals surface area contributed by atoms with E-state index >= 15 is 0 Å². The lowest BCUT2D eigenvalue weighted by atomic mass is 9.13. The van der Waals surface area contributed by atoms with Gasteiger partial charge in [-0.25, -0.2) is 0 Å². The Morgan fingerprint density at radius 2 is 0.701 bits per heavy atom. The molecule has 67 heavy (non-hydrogen) atoms. The fraction of sp³-hybridized carbons (Fsp3) is 0.104. The van der Waals surface area contributed by atoms with Crippen LogP contribution in [0.1, 0.15) is 32.6 Å². The maximum Gasteiger partial charge on any atom is 0.416 e. The second kappa shape index (κ2) is 19.1. The summed E-state index contributed by atoms with van der Waals surface area (Å²) in [6.45, 7) is 0. The number of non-ortho nitro benzene ring substituents is 1. The smallest absolute Gasteiger partial charge is 0.289 e. The van der Waals surface area contributed by atoms with Gasteiger partial charge in [0.05, 0.1) is 27.2 Å². The molecule has 0 amide bonds. The third-order valence-electron chi connectivity index (χ3n) is 10.9. The van der Waals surface area contributed by atoms with Gasteiger partial charge in [0.2, 0.25) is 5.78 Å². The van der Waals surface area contributed by atoms with Crippen molar-refractivity contribution in [3.63, 3.8) is 0 Å². The molecule has 0 aliphatic rings. The molecule has 0 saturated carbocycles. The van der Waals surface area contributed by atoms with Gasteiger partial charge in [0, 0.05) is 17.7 Å². The van der Waals surface area contributed by atoms with Gasteiger partial charge in [0.25, 0.3) is 5.69 Å². The van der Waals surface area contributed by atoms with Crippen molar-refractivity contribution in [2.45, 2.75) is 34.5 Å². The number of nitrogens with zero attached hydrogens (tertiary/aromatic N) is 1. The Labute approximate surface area is 375 Å². The average molecular weight is 958 g/mol. The van der Waals surface area contributed by atoms with Crippen LogP contribution in [0.15, 0.2) is 192 Å². The number of alkyl halides is 12. The summed E-state index contributed by atoms with van der Waals surface area (Å²) in [5.74, 6) is -0.517. The molecule has 0 aliphatic heterocycles. The highest BCUT2D eigenvalue weighted by molar-refractivity contribution is 8.03. The van der Waals surface area contributed by atoms with Gasteiger partial charge in [-0.2, -0.15) is 74.5 Å². The quantitative estimate of drug-likeness (QED) is 0.0342. The second-order valence-corrected chi connectivity index (χ2v) is 17.6. The van der Waals surface area contributed by atoms with Gasteiger partial charge in [0.1, 0.15) is 6.15 Å². The Balaban J connectivity index is 0.000000244. The summed E-state index contributed by atoms with van der Waals surface area (Å²) in [6, 6.07) is 36.7. The highest BCUT2D eigenvalue weighted by atomic mass is 32.2. The number of hydrogen-bond acceptors (Lipinski definition) is 4. The first-order chi connectivity index (χ1) is 31.3. The van der Waals surface area contributed by atoms with Crippen LogP contribution in [-0.2, 0) is 38.8 Å². The molecule has 0 bridgehead atoms. The number of Topliss-reactive ketones (excluding diaryl/α,β-unsaturated/α-hetero) is 1. The first-order valence-electron chi connectivity index (χ1n) is 19.6. The van der Waals surface area contributed by atoms with Crippen LogP contribution >= 0.6 is 0 Å². The summed E-state index contributed by atoms with van der Waals surface area (Å²) in [4.78, 5) is 24.1. The van der Waals surface area contributed by atoms with E-state index in [1.807, 2.05) is 12.1 Å². The Kier molecular flexibility index (Phi) is 14.1. The Hall–Kier alpha value is -7.02. The van der Waals surface area contributed by atoms with Crippen LogP contribution in [0, 0.1) is 10.1 Å². The summed E-state index contributed by atoms with van der Waals surface area (Å²) < 4.78 is 174. The molecule has 0 atom stereocenters. The maximum atomic E-state index is 13.8. The molecule has 7 aromatic carbocycles. The van der Waals surface area contributed by atoms with E-state index in [1.54, 1.807) is 48.5 Å². The Morgan fingerprint density at radius 3 is 0.940 bits per heavy atom. The highest BCUT2D eigenvalue weighted by Gasteiger charge is 2.40. The normalized spacial score (nSPS) is 12.5. The van der Waals surface area contributed by atoms with Crippen LogP contribution < -0.4 is 21.9 Å². The molecule has 5 nitrogen and oxygen atoms in total. The fourth-order valence-electron chi connectivity index (χ4n) is 7.62. The van der Waals surface area contributed by atoms with Gasteiger partial charge < -0.3 is 0 Å². The molecular weight excluding hydrogens is 925 g/mol. The number of ketones is 1. The van der Waals surface area contributed by atoms with Crippen LogP contribution in [-0.4, -0.2) is 22.6 Å². The number of carbonyl (C=O) groups excluding carboxylic acids is 1. The van der Waals surface area contributed by atoms with Gasteiger partial charge in [0.15, 0.2) is 25.5 Å². The van der Waals surface area contributed by atoms with E-state index in [4.69, 9.17) is 0 Å². The molecule has 0 saturated heterocycles. The monoisotopic (exact) mass is 957 g/mol. The molecule has 0 unspecified atom stereocenters. The molecular formula is C48H32BF12NO4S. The SMILES string of the molecule is FC(F)(F)c1ccc([B-](c2ccc(C(F)(F)F)cc2)(c2ccc(C(F)(F)F)cc2)c2ccc(C(F)(F)F)cc2)cc1.O=C(C[S+](=O)(c1ccccc1)c1ccccc1)c1ccc([N+](=O)[O-])cc1. The first-order valence-corrected chi connectivity index (χ1v) is 21.3. The van der Waals surface area contributed by atoms with E-state index < -0.39 is 68.0 Å². The first kappa shape index (κ1) is 49.4. The zero-order chi connectivity index (χ0) is 49.0. The van der Waals surface area contributed by atoms with Crippen molar-refractivity contribution < 1.29 is 66.6 Å². The Morgan fingerprint density at radius 1 is 0.433 bits per heavy atom. The maximum absolute atomic E-state index is 13.8. The summed E-state index contributed by atoms with van der Waals surface area (Å²) in [5, 5.41) is 10.8. The number of rotatable bonds is 10. The number of carbonyl (C=O) groups is 1. The molecule has 7 rings (SSSR count). The summed E-state index contributed by atoms with van der Waals surface area (Å²) in [5.41, 5.74) is -4.08. The van der Waals surface area contributed by atoms with E-state index in [0.29, 0.717) is 63.9 Å². The van der Waals surface area contributed by atoms with E-state index in [0.717, 1.165) is 48.5 Å². The number of halogens is 12. The molecule has 0 aliphatic carbocycles. The standard InChI is InChI=1S/C28H16BF12.C20H16NO4S/c30-25(31,32)17-1-9-21(10-2-17)29(22-11-3-18(4-12-22)26(33,34)35,23-13-5-19(6-14-23)27(36,37)38)24-15-7-20(8-16-24)28(39,40)41;22-20(16-11-13-17(14-12-16)21(23)24)15-26(25,18-7-3-1-4-8-18)19-9-5-2-6-10-19/h1-16H;1-14H,15H2/q-1;+1. The molecule has 0 heterocycles. The lowest BCUT2D eigenvalue weighted by Crippen LogP contribution is -2.74. The predicted molar refractivity (Wildman–Crippen MR) is 230 cm³/mol. The third kappa shape index (κ3) is 11.0. The zero-order valence-corrected chi connectivity index (χ0v) is 34.9. The number of hydrogen-bond donors (Lipinski definition) is 0. The van der Waals surface area contributed by atoms with Gasteiger partial charge in [-0.15, -0.1) is 0 Å². The minimum absolute atomic E-state index is 0.0114. The number of benzene rings is 7. The van der Waals surface area contributed by atoms with Crippen LogP contribution in [0.25, 0.3) is 0 Å². The number of nitro groups is 1. The minimum atomic E-state index is -4.77. The van der Waals surface area contributed by atoms with Crippen LogP contribution in [0.5, 0.6) is 0 Å². The predicted octanol–water partition coefficient (Wildman–Crippen LogP) is 11.5. The van der Waals surface area contributed by atoms with E-state index in [-0.39, 0.29) is 39.1 Å². The van der Waals surface area contributed by atoms with Crippen molar-refractivity contribution in [2.75, 3.05) is 5.75 Å². The van der Waals surface area contributed by atoms with Crippen molar-refractivity contribution in [1.82, 2.24) is 0 Å². The van der Waals surface area contributed by atoms with Crippen molar-refractivity contribution >= 4 is 49.4 Å². The van der Waals surface area contributed by atoms with Gasteiger partial charge in [-0.05, 0) is 36.4 Å². The second-order valence-electron chi connectivity index (χ2n) is 15.0. The molecule has 19 heteroatoms. The van der Waals surface area contributed by atoms with Gasteiger partial charge in [-0.1, -0.05) is 138 Å². The lowest BCUT2D eigenvalue weighted by molar-refractivity contribution is -0.384. The van der Waals surface area contributed by atoms with Crippen molar-refractivity contribution in [1.29, 1.82) is 0 Å². The van der Waals surface area contributed by atoms with Crippen molar-refractivity contribution in [3.8, 4) is 0 Å². The van der Waals surface area contributed by atoms with E-state index in [9.17, 15) is 71.8 Å². The van der Waals surface area contributed by atoms with E-state index in [1.165, 1.54) is 24.3 Å². The largest absolute Gasteiger partial charge is 0.416 e. The van der Waals surface area contributed by atoms with Crippen molar-refractivity contribution in [3.05, 3.63) is 220 Å². The van der Waals surface area contributed by atoms with Gasteiger partial charge in [-0.3, -0.25) is 14.9 Å². The third-order valence-corrected chi connectivity index (χ3v) is 13.7. The topological polar surface area (TPSA) is 77.3 Å². The fourth-order valence-corrected chi connectivity index (χ4v) is 9.95. The van der Waals surface area contributed by atoms with Gasteiger partial charge >= 0.3 is 24.7 Å². The molecule has 0 aromatic heterocycles. The average Bonchev–Trinajstić information content (AvgIpc) is 3.29. The van der Waals surface area contributed by atoms with Crippen LogP contribution in [0.2, 0.25) is 0 Å². The summed E-state index contributed by atoms with van der Waals surface area (Å²) in [6.07, 6.45) is -22.0. The van der Waals surface area contributed by atoms with E-state index in [2.05, 4.69) is 0 Å². The lowest BCUT2D eigenvalue weighted by Gasteiger charge is -2.44. The molecule has 0 spiro atoms. The molecule has 0 N–H and O–H groups in total. The molecule has 0 radical (unpaired) electrons. The molecule has 7 aromatic rings. The summed E-state index contributed by atoms with van der Waals surface area (Å²) >= 11 is 0. The van der Waals surface area contributed by atoms with Crippen molar-refractivity contribution in [2.24, 2.45) is 0 Å². The molecule has 346 valence electrons.